The van der Waals surface area contributed by atoms with Crippen LogP contribution in [0.25, 0.3) is 11.1 Å². The summed E-state index contributed by atoms with van der Waals surface area (Å²) in [6.45, 7) is 5.98. The first-order chi connectivity index (χ1) is 18.1. The highest BCUT2D eigenvalue weighted by Crippen LogP contribution is 2.44. The van der Waals surface area contributed by atoms with E-state index in [2.05, 4.69) is 17.4 Å². The van der Waals surface area contributed by atoms with E-state index in [0.29, 0.717) is 0 Å². The number of benzene rings is 2. The Balaban J connectivity index is 1.32. The van der Waals surface area contributed by atoms with Gasteiger partial charge in [0, 0.05) is 18.8 Å². The lowest BCUT2D eigenvalue weighted by atomic mass is 9.78. The van der Waals surface area contributed by atoms with Gasteiger partial charge in [0.15, 0.2) is 0 Å². The predicted molar refractivity (Wildman–Crippen MR) is 139 cm³/mol. The standard InChI is InChI=1S/C29H34N2O7/c1-28(2,3)38-27(34)31-18-13-29(25(32)35-4,14-19(31)16-36-15-18)30-26(33)37-17-24-22-11-7-5-9-20(22)21-10-6-8-12-23(21)24/h5-12,18-19,24H,13-17H2,1-4H3,(H,30,33). The molecule has 2 aromatic rings. The highest BCUT2D eigenvalue weighted by atomic mass is 16.6. The smallest absolute Gasteiger partial charge is 0.410 e. The summed E-state index contributed by atoms with van der Waals surface area (Å²) in [6.07, 6.45) is -0.920. The Morgan fingerprint density at radius 1 is 0.974 bits per heavy atom. The van der Waals surface area contributed by atoms with Gasteiger partial charge in [0.2, 0.25) is 0 Å². The molecular weight excluding hydrogens is 488 g/mol. The van der Waals surface area contributed by atoms with Crippen LogP contribution in [-0.4, -0.2) is 73.2 Å². The number of nitrogens with one attached hydrogen (secondary N) is 1. The molecular formula is C29H34N2O7. The molecule has 9 nitrogen and oxygen atoms in total. The number of ether oxygens (including phenoxy) is 4. The number of alkyl carbamates (subject to hydrolysis) is 1. The number of hydrogen-bond acceptors (Lipinski definition) is 7. The molecule has 2 fully saturated rings. The first-order valence-corrected chi connectivity index (χ1v) is 12.9. The molecule has 2 unspecified atom stereocenters. The summed E-state index contributed by atoms with van der Waals surface area (Å²) >= 11 is 0. The monoisotopic (exact) mass is 522 g/mol. The van der Waals surface area contributed by atoms with Crippen LogP contribution < -0.4 is 5.32 Å². The van der Waals surface area contributed by atoms with E-state index in [1.54, 1.807) is 25.7 Å². The average Bonchev–Trinajstić information content (AvgIpc) is 3.19. The molecule has 2 bridgehead atoms. The quantitative estimate of drug-likeness (QED) is 0.473. The Hall–Kier alpha value is -3.59. The minimum Gasteiger partial charge on any atom is -0.467 e. The highest BCUT2D eigenvalue weighted by Gasteiger charge is 2.55. The van der Waals surface area contributed by atoms with Crippen molar-refractivity contribution in [2.24, 2.45) is 0 Å². The van der Waals surface area contributed by atoms with Crippen molar-refractivity contribution in [1.82, 2.24) is 10.2 Å². The van der Waals surface area contributed by atoms with Gasteiger partial charge in [-0.15, -0.1) is 0 Å². The summed E-state index contributed by atoms with van der Waals surface area (Å²) < 4.78 is 22.2. The van der Waals surface area contributed by atoms with Gasteiger partial charge >= 0.3 is 18.2 Å². The first kappa shape index (κ1) is 26.0. The fraction of sp³-hybridized carbons (Fsp3) is 0.483. The molecule has 1 N–H and O–H groups in total. The van der Waals surface area contributed by atoms with E-state index >= 15 is 0 Å². The van der Waals surface area contributed by atoms with Gasteiger partial charge in [0.25, 0.3) is 0 Å². The molecule has 0 radical (unpaired) electrons. The van der Waals surface area contributed by atoms with Crippen molar-refractivity contribution in [3.8, 4) is 11.1 Å². The van der Waals surface area contributed by atoms with Crippen molar-refractivity contribution in [2.75, 3.05) is 26.9 Å². The summed E-state index contributed by atoms with van der Waals surface area (Å²) in [5.74, 6) is -0.684. The average molecular weight is 523 g/mol. The highest BCUT2D eigenvalue weighted by molar-refractivity contribution is 5.87. The van der Waals surface area contributed by atoms with Crippen LogP contribution >= 0.6 is 0 Å². The van der Waals surface area contributed by atoms with Gasteiger partial charge in [-0.25, -0.2) is 14.4 Å². The van der Waals surface area contributed by atoms with E-state index in [9.17, 15) is 14.4 Å². The predicted octanol–water partition coefficient (Wildman–Crippen LogP) is 4.24. The number of rotatable bonds is 4. The lowest BCUT2D eigenvalue weighted by Gasteiger charge is -2.51. The molecule has 3 aliphatic rings. The Labute approximate surface area is 222 Å². The maximum atomic E-state index is 13.2. The molecule has 2 aliphatic heterocycles. The van der Waals surface area contributed by atoms with Crippen LogP contribution in [0.1, 0.15) is 50.7 Å². The third-order valence-electron chi connectivity index (χ3n) is 7.44. The largest absolute Gasteiger partial charge is 0.467 e. The first-order valence-electron chi connectivity index (χ1n) is 12.9. The fourth-order valence-corrected chi connectivity index (χ4v) is 5.96. The summed E-state index contributed by atoms with van der Waals surface area (Å²) in [7, 11) is 1.29. The maximum Gasteiger partial charge on any atom is 0.410 e. The minimum atomic E-state index is -1.35. The number of fused-ring (bicyclic) bond motifs is 5. The van der Waals surface area contributed by atoms with E-state index in [1.165, 1.54) is 7.11 Å². The number of piperidine rings is 1. The maximum absolute atomic E-state index is 13.2. The molecule has 202 valence electrons. The van der Waals surface area contributed by atoms with Crippen LogP contribution in [0.5, 0.6) is 0 Å². The zero-order valence-electron chi connectivity index (χ0n) is 22.2. The molecule has 2 atom stereocenters. The van der Waals surface area contributed by atoms with Gasteiger partial charge in [-0.2, -0.15) is 0 Å². The Kier molecular flexibility index (Phi) is 6.81. The van der Waals surface area contributed by atoms with Gasteiger partial charge < -0.3 is 24.3 Å². The number of methoxy groups -OCH3 is 1. The second-order valence-corrected chi connectivity index (χ2v) is 11.2. The molecule has 1 aliphatic carbocycles. The number of hydrogen-bond donors (Lipinski definition) is 1. The third-order valence-corrected chi connectivity index (χ3v) is 7.44. The van der Waals surface area contributed by atoms with Crippen LogP contribution in [0.2, 0.25) is 0 Å². The van der Waals surface area contributed by atoms with Crippen LogP contribution in [0.4, 0.5) is 9.59 Å². The summed E-state index contributed by atoms with van der Waals surface area (Å²) in [5.41, 5.74) is 2.44. The third kappa shape index (κ3) is 4.82. The van der Waals surface area contributed by atoms with Gasteiger partial charge in [0.05, 0.1) is 32.4 Å². The summed E-state index contributed by atoms with van der Waals surface area (Å²) in [6, 6.07) is 15.2. The molecule has 38 heavy (non-hydrogen) atoms. The molecule has 2 saturated heterocycles. The number of amides is 2. The fourth-order valence-electron chi connectivity index (χ4n) is 5.96. The number of esters is 1. The van der Waals surface area contributed by atoms with Gasteiger partial charge in [-0.3, -0.25) is 4.90 Å². The number of carbonyl (C=O) groups excluding carboxylic acids is 3. The van der Waals surface area contributed by atoms with Gasteiger partial charge in [-0.1, -0.05) is 48.5 Å². The summed E-state index contributed by atoms with van der Waals surface area (Å²) in [5, 5.41) is 2.82. The molecule has 9 heteroatoms. The number of morpholine rings is 1. The zero-order chi connectivity index (χ0) is 27.1. The Morgan fingerprint density at radius 3 is 2.05 bits per heavy atom. The van der Waals surface area contributed by atoms with Crippen LogP contribution in [-0.2, 0) is 23.7 Å². The number of nitrogens with zero attached hydrogens (tertiary/aromatic N) is 1. The van der Waals surface area contributed by atoms with E-state index in [-0.39, 0.29) is 38.6 Å². The zero-order valence-corrected chi connectivity index (χ0v) is 22.2. The minimum absolute atomic E-state index is 0.107. The topological polar surface area (TPSA) is 103 Å². The normalized spacial score (nSPS) is 24.2. The molecule has 2 aromatic carbocycles. The lowest BCUT2D eigenvalue weighted by Crippen LogP contribution is -2.70. The number of carbonyl (C=O) groups is 3. The van der Waals surface area contributed by atoms with Crippen LogP contribution in [0.15, 0.2) is 48.5 Å². The van der Waals surface area contributed by atoms with Crippen molar-refractivity contribution >= 4 is 18.2 Å². The van der Waals surface area contributed by atoms with Crippen molar-refractivity contribution < 1.29 is 33.3 Å². The SMILES string of the molecule is COC(=O)C1(NC(=O)OCC2c3ccccc3-c3ccccc32)CC2COCC(C1)N2C(=O)OC(C)(C)C. The summed E-state index contributed by atoms with van der Waals surface area (Å²) in [4.78, 5) is 40.8. The molecule has 5 rings (SSSR count). The second kappa shape index (κ2) is 9.94. The lowest BCUT2D eigenvalue weighted by molar-refractivity contribution is -0.159. The Bertz CT molecular complexity index is 1180. The van der Waals surface area contributed by atoms with Crippen molar-refractivity contribution in [3.63, 3.8) is 0 Å². The van der Waals surface area contributed by atoms with E-state index in [4.69, 9.17) is 18.9 Å². The molecule has 2 heterocycles. The van der Waals surface area contributed by atoms with E-state index in [1.807, 2.05) is 36.4 Å². The van der Waals surface area contributed by atoms with Gasteiger partial charge in [-0.05, 0) is 43.0 Å². The van der Waals surface area contributed by atoms with E-state index < -0.39 is 41.4 Å². The Morgan fingerprint density at radius 2 is 1.53 bits per heavy atom. The molecule has 2 amide bonds. The van der Waals surface area contributed by atoms with Crippen molar-refractivity contribution in [1.29, 1.82) is 0 Å². The van der Waals surface area contributed by atoms with Crippen LogP contribution in [0.3, 0.4) is 0 Å². The van der Waals surface area contributed by atoms with Gasteiger partial charge in [0.1, 0.15) is 17.7 Å². The molecule has 0 aromatic heterocycles. The van der Waals surface area contributed by atoms with Crippen molar-refractivity contribution in [3.05, 3.63) is 59.7 Å². The molecule has 0 saturated carbocycles. The molecule has 0 spiro atoms. The second-order valence-electron chi connectivity index (χ2n) is 11.2. The van der Waals surface area contributed by atoms with Crippen LogP contribution in [0, 0.1) is 0 Å². The van der Waals surface area contributed by atoms with Crippen molar-refractivity contribution in [2.45, 2.75) is 62.8 Å². The van der Waals surface area contributed by atoms with E-state index in [0.717, 1.165) is 22.3 Å².